The number of rotatable bonds is 7. The summed E-state index contributed by atoms with van der Waals surface area (Å²) >= 11 is 0. The molecule has 0 aliphatic heterocycles. The topological polar surface area (TPSA) is 48.4 Å². The average molecular weight is 259 g/mol. The molecule has 0 aliphatic rings. The molecule has 0 spiro atoms. The van der Waals surface area contributed by atoms with Gasteiger partial charge in [-0.25, -0.2) is 0 Å². The Morgan fingerprint density at radius 1 is 1.50 bits per heavy atom. The number of hydrogen-bond donors (Lipinski definition) is 0. The van der Waals surface area contributed by atoms with Crippen molar-refractivity contribution in [3.8, 4) is 5.75 Å². The fraction of sp³-hybridized carbons (Fsp3) is 0.500. The van der Waals surface area contributed by atoms with Crippen molar-refractivity contribution in [2.45, 2.75) is 32.8 Å². The maximum Gasteiger partial charge on any atom is 0.387 e. The highest BCUT2D eigenvalue weighted by Gasteiger charge is 2.09. The third kappa shape index (κ3) is 5.56. The van der Waals surface area contributed by atoms with E-state index in [2.05, 4.69) is 9.72 Å². The van der Waals surface area contributed by atoms with Crippen molar-refractivity contribution in [1.82, 2.24) is 4.98 Å². The van der Waals surface area contributed by atoms with E-state index in [0.717, 1.165) is 12.8 Å². The van der Waals surface area contributed by atoms with Crippen molar-refractivity contribution in [2.75, 3.05) is 6.61 Å². The van der Waals surface area contributed by atoms with Gasteiger partial charge in [0.15, 0.2) is 0 Å². The molecule has 0 radical (unpaired) electrons. The number of aromatic nitrogens is 1. The number of halogens is 2. The molecule has 0 fully saturated rings. The molecule has 4 nitrogen and oxygen atoms in total. The number of alkyl halides is 2. The van der Waals surface area contributed by atoms with Gasteiger partial charge in [0.2, 0.25) is 0 Å². The Morgan fingerprint density at radius 2 is 2.28 bits per heavy atom. The summed E-state index contributed by atoms with van der Waals surface area (Å²) in [5.41, 5.74) is 0.342. The first-order valence-corrected chi connectivity index (χ1v) is 5.67. The molecule has 0 N–H and O–H groups in total. The van der Waals surface area contributed by atoms with E-state index >= 15 is 0 Å². The largest absolute Gasteiger partial charge is 0.465 e. The number of nitrogens with zero attached hydrogens (tertiary/aromatic N) is 1. The zero-order chi connectivity index (χ0) is 13.4. The van der Waals surface area contributed by atoms with Crippen LogP contribution in [0.5, 0.6) is 5.75 Å². The summed E-state index contributed by atoms with van der Waals surface area (Å²) in [6.07, 6.45) is 2.99. The van der Waals surface area contributed by atoms with Gasteiger partial charge in [-0.3, -0.25) is 9.78 Å². The fourth-order valence-corrected chi connectivity index (χ4v) is 1.26. The van der Waals surface area contributed by atoms with E-state index < -0.39 is 12.6 Å². The molecular formula is C12H15F2NO3. The third-order valence-corrected chi connectivity index (χ3v) is 2.10. The van der Waals surface area contributed by atoms with Gasteiger partial charge in [0.05, 0.1) is 18.7 Å². The summed E-state index contributed by atoms with van der Waals surface area (Å²) in [5, 5.41) is 0. The Hall–Kier alpha value is -1.72. The van der Waals surface area contributed by atoms with Crippen molar-refractivity contribution in [1.29, 1.82) is 0 Å². The van der Waals surface area contributed by atoms with E-state index in [9.17, 15) is 13.6 Å². The van der Waals surface area contributed by atoms with E-state index in [1.807, 2.05) is 6.92 Å². The van der Waals surface area contributed by atoms with Gasteiger partial charge < -0.3 is 9.47 Å². The monoisotopic (exact) mass is 259 g/mol. The van der Waals surface area contributed by atoms with E-state index in [1.54, 1.807) is 0 Å². The van der Waals surface area contributed by atoms with Gasteiger partial charge in [-0.15, -0.1) is 0 Å². The Kier molecular flexibility index (Phi) is 6.04. The predicted molar refractivity (Wildman–Crippen MR) is 60.4 cm³/mol. The van der Waals surface area contributed by atoms with Gasteiger partial charge in [0.25, 0.3) is 0 Å². The van der Waals surface area contributed by atoms with Crippen LogP contribution in [0.15, 0.2) is 18.3 Å². The fourth-order valence-electron chi connectivity index (χ4n) is 1.26. The molecule has 0 unspecified atom stereocenters. The number of hydrogen-bond acceptors (Lipinski definition) is 4. The second kappa shape index (κ2) is 7.58. The number of pyridine rings is 1. The molecule has 0 aliphatic carbocycles. The molecular weight excluding hydrogens is 244 g/mol. The molecule has 0 bridgehead atoms. The lowest BCUT2D eigenvalue weighted by molar-refractivity contribution is -0.143. The normalized spacial score (nSPS) is 10.4. The van der Waals surface area contributed by atoms with Crippen LogP contribution < -0.4 is 4.74 Å². The number of carbonyl (C=O) groups excluding carboxylic acids is 1. The van der Waals surface area contributed by atoms with Crippen LogP contribution in [0.2, 0.25) is 0 Å². The number of ether oxygens (including phenoxy) is 2. The van der Waals surface area contributed by atoms with Crippen molar-refractivity contribution >= 4 is 5.97 Å². The molecule has 0 saturated heterocycles. The third-order valence-electron chi connectivity index (χ3n) is 2.10. The summed E-state index contributed by atoms with van der Waals surface area (Å²) in [6.45, 7) is -0.542. The first kappa shape index (κ1) is 14.3. The molecule has 0 aromatic carbocycles. The maximum atomic E-state index is 12.0. The van der Waals surface area contributed by atoms with Crippen LogP contribution in [0.3, 0.4) is 0 Å². The lowest BCUT2D eigenvalue weighted by Crippen LogP contribution is -2.10. The van der Waals surface area contributed by atoms with Crippen LogP contribution in [0.25, 0.3) is 0 Å². The minimum Gasteiger partial charge on any atom is -0.465 e. The highest BCUT2D eigenvalue weighted by Crippen LogP contribution is 2.14. The summed E-state index contributed by atoms with van der Waals surface area (Å²) < 4.78 is 33.1. The van der Waals surface area contributed by atoms with Crippen molar-refractivity contribution in [2.24, 2.45) is 0 Å². The summed E-state index contributed by atoms with van der Waals surface area (Å²) in [4.78, 5) is 15.3. The Labute approximate surface area is 104 Å². The molecule has 6 heteroatoms. The molecule has 1 heterocycles. The Balaban J connectivity index is 2.48. The van der Waals surface area contributed by atoms with E-state index in [-0.39, 0.29) is 12.2 Å². The SMILES string of the molecule is CCCCOC(=O)Cc1cc(OC(F)F)ccn1. The van der Waals surface area contributed by atoms with Crippen molar-refractivity contribution < 1.29 is 23.0 Å². The zero-order valence-electron chi connectivity index (χ0n) is 10.1. The lowest BCUT2D eigenvalue weighted by atomic mass is 10.2. The van der Waals surface area contributed by atoms with Crippen LogP contribution in [0.1, 0.15) is 25.5 Å². The summed E-state index contributed by atoms with van der Waals surface area (Å²) in [5.74, 6) is -0.443. The van der Waals surface area contributed by atoms with Crippen LogP contribution in [0.4, 0.5) is 8.78 Å². The standard InChI is InChI=1S/C12H15F2NO3/c1-2-3-6-17-11(16)8-9-7-10(4-5-15-9)18-12(13)14/h4-5,7,12H,2-3,6,8H2,1H3. The second-order valence-corrected chi connectivity index (χ2v) is 3.61. The molecule has 0 atom stereocenters. The second-order valence-electron chi connectivity index (χ2n) is 3.61. The van der Waals surface area contributed by atoms with Crippen LogP contribution in [-0.2, 0) is 16.0 Å². The predicted octanol–water partition coefficient (Wildman–Crippen LogP) is 2.57. The van der Waals surface area contributed by atoms with Crippen molar-refractivity contribution in [3.63, 3.8) is 0 Å². The molecule has 1 aromatic heterocycles. The molecule has 100 valence electrons. The van der Waals surface area contributed by atoms with Crippen molar-refractivity contribution in [3.05, 3.63) is 24.0 Å². The van der Waals surface area contributed by atoms with Crippen LogP contribution >= 0.6 is 0 Å². The van der Waals surface area contributed by atoms with Gasteiger partial charge in [0.1, 0.15) is 5.75 Å². The smallest absolute Gasteiger partial charge is 0.387 e. The minimum atomic E-state index is -2.89. The molecule has 0 amide bonds. The van der Waals surface area contributed by atoms with Gasteiger partial charge in [-0.1, -0.05) is 13.3 Å². The van der Waals surface area contributed by atoms with Gasteiger partial charge in [0, 0.05) is 12.3 Å². The van der Waals surface area contributed by atoms with E-state index in [1.165, 1.54) is 18.3 Å². The minimum absolute atomic E-state index is 0.0173. The Bertz CT molecular complexity index is 385. The van der Waals surface area contributed by atoms with E-state index in [0.29, 0.717) is 12.3 Å². The highest BCUT2D eigenvalue weighted by atomic mass is 19.3. The summed E-state index contributed by atoms with van der Waals surface area (Å²) in [7, 11) is 0. The molecule has 18 heavy (non-hydrogen) atoms. The number of esters is 1. The molecule has 0 saturated carbocycles. The van der Waals surface area contributed by atoms with Gasteiger partial charge in [-0.05, 0) is 12.5 Å². The molecule has 1 aromatic rings. The average Bonchev–Trinajstić information content (AvgIpc) is 2.28. The molecule has 1 rings (SSSR count). The maximum absolute atomic E-state index is 12.0. The van der Waals surface area contributed by atoms with Crippen LogP contribution in [0, 0.1) is 0 Å². The number of unbranched alkanes of at least 4 members (excludes halogenated alkanes) is 1. The Morgan fingerprint density at radius 3 is 2.94 bits per heavy atom. The van der Waals surface area contributed by atoms with Crippen LogP contribution in [-0.4, -0.2) is 24.2 Å². The summed E-state index contributed by atoms with van der Waals surface area (Å²) in [6, 6.07) is 2.60. The number of carbonyl (C=O) groups is 1. The zero-order valence-corrected chi connectivity index (χ0v) is 10.1. The van der Waals surface area contributed by atoms with Gasteiger partial charge in [-0.2, -0.15) is 8.78 Å². The quantitative estimate of drug-likeness (QED) is 0.557. The van der Waals surface area contributed by atoms with Gasteiger partial charge >= 0.3 is 12.6 Å². The first-order chi connectivity index (χ1) is 8.61. The first-order valence-electron chi connectivity index (χ1n) is 5.67. The van der Waals surface area contributed by atoms with E-state index in [4.69, 9.17) is 4.74 Å². The lowest BCUT2D eigenvalue weighted by Gasteiger charge is -2.06. The highest BCUT2D eigenvalue weighted by molar-refractivity contribution is 5.72.